The maximum absolute atomic E-state index is 9.81. The second kappa shape index (κ2) is 3.66. The molecular weight excluding hydrogens is 232 g/mol. The summed E-state index contributed by atoms with van der Waals surface area (Å²) in [6.45, 7) is 0. The highest BCUT2D eigenvalue weighted by molar-refractivity contribution is 5.94. The van der Waals surface area contributed by atoms with E-state index in [0.717, 1.165) is 5.39 Å². The number of H-pyrrole nitrogens is 1. The molecule has 90 valence electrons. The number of hydrogen-bond donors (Lipinski definition) is 4. The molecule has 0 spiro atoms. The number of fused-ring (bicyclic) bond motifs is 1. The zero-order valence-electron chi connectivity index (χ0n) is 9.25. The molecular formula is C13H10N2O3. The zero-order chi connectivity index (χ0) is 12.7. The summed E-state index contributed by atoms with van der Waals surface area (Å²) in [5.41, 5.74) is 1.77. The lowest BCUT2D eigenvalue weighted by Gasteiger charge is -2.02. The van der Waals surface area contributed by atoms with Gasteiger partial charge in [-0.3, -0.25) is 5.10 Å². The maximum Gasteiger partial charge on any atom is 0.128 e. The van der Waals surface area contributed by atoms with Crippen molar-refractivity contribution in [2.75, 3.05) is 0 Å². The van der Waals surface area contributed by atoms with Crippen LogP contribution in [0.5, 0.6) is 17.2 Å². The number of phenols is 3. The highest BCUT2D eigenvalue weighted by Crippen LogP contribution is 2.35. The first kappa shape index (κ1) is 10.5. The molecule has 0 radical (unpaired) electrons. The van der Waals surface area contributed by atoms with Crippen molar-refractivity contribution in [1.29, 1.82) is 0 Å². The lowest BCUT2D eigenvalue weighted by atomic mass is 10.1. The number of aromatic amines is 1. The quantitative estimate of drug-likeness (QED) is 0.527. The van der Waals surface area contributed by atoms with Gasteiger partial charge in [0.15, 0.2) is 0 Å². The first-order valence-electron chi connectivity index (χ1n) is 5.34. The van der Waals surface area contributed by atoms with E-state index in [9.17, 15) is 15.3 Å². The van der Waals surface area contributed by atoms with E-state index < -0.39 is 0 Å². The number of benzene rings is 2. The van der Waals surface area contributed by atoms with Crippen LogP contribution >= 0.6 is 0 Å². The molecule has 0 saturated heterocycles. The van der Waals surface area contributed by atoms with Gasteiger partial charge in [0.1, 0.15) is 22.9 Å². The highest BCUT2D eigenvalue weighted by atomic mass is 16.3. The monoisotopic (exact) mass is 242 g/mol. The molecule has 1 heterocycles. The van der Waals surface area contributed by atoms with E-state index in [1.54, 1.807) is 24.3 Å². The Bertz CT molecular complexity index is 734. The van der Waals surface area contributed by atoms with Gasteiger partial charge in [0.25, 0.3) is 0 Å². The molecule has 0 fully saturated rings. The standard InChI is InChI=1S/C13H10N2O3/c16-7-1-3-9-11(5-7)14-15-13(9)10-4-2-8(17)6-12(10)18/h1-6,16-18H,(H,14,15). The van der Waals surface area contributed by atoms with E-state index in [1.165, 1.54) is 12.1 Å². The van der Waals surface area contributed by atoms with E-state index in [-0.39, 0.29) is 17.2 Å². The summed E-state index contributed by atoms with van der Waals surface area (Å²) < 4.78 is 0. The van der Waals surface area contributed by atoms with Crippen LogP contribution in [0.25, 0.3) is 22.2 Å². The van der Waals surface area contributed by atoms with Crippen molar-refractivity contribution < 1.29 is 15.3 Å². The summed E-state index contributed by atoms with van der Waals surface area (Å²) in [4.78, 5) is 0. The fourth-order valence-electron chi connectivity index (χ4n) is 1.93. The largest absolute Gasteiger partial charge is 0.508 e. The summed E-state index contributed by atoms with van der Waals surface area (Å²) in [5.74, 6) is 0.0952. The smallest absolute Gasteiger partial charge is 0.128 e. The minimum Gasteiger partial charge on any atom is -0.508 e. The Hall–Kier alpha value is -2.69. The van der Waals surface area contributed by atoms with Crippen LogP contribution in [0.4, 0.5) is 0 Å². The van der Waals surface area contributed by atoms with Crippen LogP contribution in [0.1, 0.15) is 0 Å². The molecule has 3 aromatic rings. The van der Waals surface area contributed by atoms with Crippen LogP contribution in [-0.2, 0) is 0 Å². The van der Waals surface area contributed by atoms with Gasteiger partial charge in [0, 0.05) is 23.1 Å². The van der Waals surface area contributed by atoms with Crippen molar-refractivity contribution in [2.45, 2.75) is 0 Å². The summed E-state index contributed by atoms with van der Waals surface area (Å²) in [5, 5.41) is 36.1. The van der Waals surface area contributed by atoms with Crippen LogP contribution in [0.15, 0.2) is 36.4 Å². The van der Waals surface area contributed by atoms with Crippen molar-refractivity contribution in [1.82, 2.24) is 10.2 Å². The van der Waals surface area contributed by atoms with Gasteiger partial charge in [0.05, 0.1) is 5.52 Å². The molecule has 0 amide bonds. The Balaban J connectivity index is 2.25. The van der Waals surface area contributed by atoms with E-state index in [4.69, 9.17) is 0 Å². The van der Waals surface area contributed by atoms with Crippen molar-refractivity contribution in [2.24, 2.45) is 0 Å². The van der Waals surface area contributed by atoms with Crippen molar-refractivity contribution in [3.8, 4) is 28.5 Å². The zero-order valence-corrected chi connectivity index (χ0v) is 9.25. The van der Waals surface area contributed by atoms with Gasteiger partial charge < -0.3 is 15.3 Å². The average Bonchev–Trinajstić information content (AvgIpc) is 2.72. The number of rotatable bonds is 1. The number of phenolic OH excluding ortho intramolecular Hbond substituents is 3. The van der Waals surface area contributed by atoms with E-state index in [0.29, 0.717) is 16.8 Å². The molecule has 0 unspecified atom stereocenters. The summed E-state index contributed by atoms with van der Waals surface area (Å²) >= 11 is 0. The summed E-state index contributed by atoms with van der Waals surface area (Å²) in [6, 6.07) is 9.16. The Morgan fingerprint density at radius 2 is 1.61 bits per heavy atom. The fraction of sp³-hybridized carbons (Fsp3) is 0. The molecule has 2 aromatic carbocycles. The molecule has 5 nitrogen and oxygen atoms in total. The van der Waals surface area contributed by atoms with Crippen LogP contribution < -0.4 is 0 Å². The lowest BCUT2D eigenvalue weighted by Crippen LogP contribution is -1.80. The molecule has 4 N–H and O–H groups in total. The van der Waals surface area contributed by atoms with Crippen LogP contribution in [-0.4, -0.2) is 25.5 Å². The van der Waals surface area contributed by atoms with Crippen molar-refractivity contribution in [3.05, 3.63) is 36.4 Å². The van der Waals surface area contributed by atoms with Gasteiger partial charge in [-0.2, -0.15) is 5.10 Å². The molecule has 5 heteroatoms. The summed E-state index contributed by atoms with van der Waals surface area (Å²) in [6.07, 6.45) is 0. The molecule has 18 heavy (non-hydrogen) atoms. The first-order chi connectivity index (χ1) is 8.65. The minimum atomic E-state index is -0.0449. The third-order valence-corrected chi connectivity index (χ3v) is 2.78. The molecule has 3 rings (SSSR count). The highest BCUT2D eigenvalue weighted by Gasteiger charge is 2.12. The molecule has 0 aliphatic heterocycles. The molecule has 0 aliphatic carbocycles. The number of hydrogen-bond acceptors (Lipinski definition) is 4. The molecule has 0 aliphatic rings. The average molecular weight is 242 g/mol. The van der Waals surface area contributed by atoms with Crippen molar-refractivity contribution in [3.63, 3.8) is 0 Å². The topological polar surface area (TPSA) is 89.4 Å². The second-order valence-electron chi connectivity index (χ2n) is 4.00. The van der Waals surface area contributed by atoms with Crippen molar-refractivity contribution >= 4 is 10.9 Å². The van der Waals surface area contributed by atoms with E-state index in [2.05, 4.69) is 10.2 Å². The van der Waals surface area contributed by atoms with Crippen LogP contribution in [0.2, 0.25) is 0 Å². The summed E-state index contributed by atoms with van der Waals surface area (Å²) in [7, 11) is 0. The minimum absolute atomic E-state index is 0.00580. The number of nitrogens with one attached hydrogen (secondary N) is 1. The molecule has 0 saturated carbocycles. The second-order valence-corrected chi connectivity index (χ2v) is 4.00. The van der Waals surface area contributed by atoms with Crippen LogP contribution in [0.3, 0.4) is 0 Å². The van der Waals surface area contributed by atoms with Crippen LogP contribution in [0, 0.1) is 0 Å². The van der Waals surface area contributed by atoms with Gasteiger partial charge in [0.2, 0.25) is 0 Å². The third-order valence-electron chi connectivity index (χ3n) is 2.78. The number of aromatic nitrogens is 2. The maximum atomic E-state index is 9.81. The number of aromatic hydroxyl groups is 3. The SMILES string of the molecule is Oc1ccc(-c2n[nH]c3cc(O)ccc23)c(O)c1. The Labute approximate surface area is 102 Å². The normalized spacial score (nSPS) is 10.9. The molecule has 0 bridgehead atoms. The predicted octanol–water partition coefficient (Wildman–Crippen LogP) is 2.35. The fourth-order valence-corrected chi connectivity index (χ4v) is 1.93. The van der Waals surface area contributed by atoms with Gasteiger partial charge >= 0.3 is 0 Å². The Morgan fingerprint density at radius 1 is 0.889 bits per heavy atom. The molecule has 1 aromatic heterocycles. The van der Waals surface area contributed by atoms with Gasteiger partial charge in [-0.1, -0.05) is 0 Å². The van der Waals surface area contributed by atoms with E-state index >= 15 is 0 Å². The molecule has 0 atom stereocenters. The predicted molar refractivity (Wildman–Crippen MR) is 66.5 cm³/mol. The number of nitrogens with zero attached hydrogens (tertiary/aromatic N) is 1. The Kier molecular flexibility index (Phi) is 2.13. The first-order valence-corrected chi connectivity index (χ1v) is 5.34. The Morgan fingerprint density at radius 3 is 2.39 bits per heavy atom. The van der Waals surface area contributed by atoms with Gasteiger partial charge in [-0.15, -0.1) is 0 Å². The van der Waals surface area contributed by atoms with Gasteiger partial charge in [-0.25, -0.2) is 0 Å². The van der Waals surface area contributed by atoms with E-state index in [1.807, 2.05) is 0 Å². The third kappa shape index (κ3) is 1.53. The lowest BCUT2D eigenvalue weighted by molar-refractivity contribution is 0.452. The van der Waals surface area contributed by atoms with Gasteiger partial charge in [-0.05, 0) is 24.3 Å².